The summed E-state index contributed by atoms with van der Waals surface area (Å²) in [6.45, 7) is 2.48. The van der Waals surface area contributed by atoms with Crippen LogP contribution < -0.4 is 10.0 Å². The number of benzene rings is 1. The summed E-state index contributed by atoms with van der Waals surface area (Å²) in [4.78, 5) is 0. The molecule has 0 spiro atoms. The van der Waals surface area contributed by atoms with Gasteiger partial charge >= 0.3 is 0 Å². The maximum Gasteiger partial charge on any atom is 0.232 e. The van der Waals surface area contributed by atoms with E-state index in [-0.39, 0.29) is 11.6 Å². The Morgan fingerprint density at radius 1 is 1.30 bits per heavy atom. The highest BCUT2D eigenvalue weighted by Crippen LogP contribution is 2.18. The Labute approximate surface area is 119 Å². The molecule has 0 saturated heterocycles. The Hall–Kier alpha value is -1.14. The van der Waals surface area contributed by atoms with Gasteiger partial charge in [0.2, 0.25) is 10.0 Å². The summed E-state index contributed by atoms with van der Waals surface area (Å²) in [5.41, 5.74) is 0.846. The maximum atomic E-state index is 13.1. The minimum absolute atomic E-state index is 0.0930. The zero-order valence-electron chi connectivity index (χ0n) is 11.7. The Bertz CT molecular complexity index is 556. The van der Waals surface area contributed by atoms with Crippen LogP contribution in [-0.2, 0) is 10.0 Å². The van der Waals surface area contributed by atoms with Crippen LogP contribution in [0, 0.1) is 12.7 Å². The molecule has 0 bridgehead atoms. The van der Waals surface area contributed by atoms with E-state index in [1.54, 1.807) is 6.92 Å². The van der Waals surface area contributed by atoms with Crippen LogP contribution in [0.4, 0.5) is 10.1 Å². The van der Waals surface area contributed by atoms with Gasteiger partial charge in [-0.25, -0.2) is 12.8 Å². The van der Waals surface area contributed by atoms with Gasteiger partial charge in [-0.2, -0.15) is 0 Å². The SMILES string of the molecule is Cc1cc(NS(=O)(=O)CCCCNC2CC2)ccc1F. The van der Waals surface area contributed by atoms with Crippen molar-refractivity contribution in [1.82, 2.24) is 5.32 Å². The lowest BCUT2D eigenvalue weighted by Gasteiger charge is -2.09. The van der Waals surface area contributed by atoms with Crippen molar-refractivity contribution in [2.75, 3.05) is 17.0 Å². The van der Waals surface area contributed by atoms with E-state index < -0.39 is 10.0 Å². The molecular weight excluding hydrogens is 279 g/mol. The van der Waals surface area contributed by atoms with Crippen LogP contribution in [0.1, 0.15) is 31.2 Å². The molecule has 0 heterocycles. The van der Waals surface area contributed by atoms with E-state index in [2.05, 4.69) is 10.0 Å². The molecule has 0 amide bonds. The molecule has 20 heavy (non-hydrogen) atoms. The standard InChI is InChI=1S/C14H21FN2O2S/c1-11-10-13(6-7-14(11)15)17-20(18,19)9-3-2-8-16-12-4-5-12/h6-7,10,12,16-17H,2-5,8-9H2,1H3. The van der Waals surface area contributed by atoms with Crippen molar-refractivity contribution < 1.29 is 12.8 Å². The summed E-state index contributed by atoms with van der Waals surface area (Å²) in [6, 6.07) is 4.87. The number of aryl methyl sites for hydroxylation is 1. The molecule has 0 aromatic heterocycles. The lowest BCUT2D eigenvalue weighted by molar-refractivity contribution is 0.590. The summed E-state index contributed by atoms with van der Waals surface area (Å²) < 4.78 is 39.3. The van der Waals surface area contributed by atoms with E-state index >= 15 is 0 Å². The molecule has 0 radical (unpaired) electrons. The second-order valence-electron chi connectivity index (χ2n) is 5.32. The van der Waals surface area contributed by atoms with Gasteiger partial charge in [-0.3, -0.25) is 4.72 Å². The number of unbranched alkanes of at least 4 members (excludes halogenated alkanes) is 1. The van der Waals surface area contributed by atoms with Crippen molar-refractivity contribution >= 4 is 15.7 Å². The summed E-state index contributed by atoms with van der Waals surface area (Å²) in [5, 5.41) is 3.35. The molecule has 0 aliphatic heterocycles. The zero-order chi connectivity index (χ0) is 14.6. The van der Waals surface area contributed by atoms with E-state index in [4.69, 9.17) is 0 Å². The smallest absolute Gasteiger partial charge is 0.232 e. The summed E-state index contributed by atoms with van der Waals surface area (Å²) in [7, 11) is -3.35. The van der Waals surface area contributed by atoms with E-state index in [9.17, 15) is 12.8 Å². The minimum atomic E-state index is -3.35. The van der Waals surface area contributed by atoms with Gasteiger partial charge in [0.15, 0.2) is 0 Å². The van der Waals surface area contributed by atoms with Crippen LogP contribution in [0.25, 0.3) is 0 Å². The molecule has 1 fully saturated rings. The molecule has 1 saturated carbocycles. The van der Waals surface area contributed by atoms with E-state index in [0.29, 0.717) is 23.7 Å². The normalized spacial score (nSPS) is 15.3. The predicted molar refractivity (Wildman–Crippen MR) is 78.8 cm³/mol. The molecule has 2 rings (SSSR count). The molecule has 4 nitrogen and oxygen atoms in total. The van der Waals surface area contributed by atoms with E-state index in [1.807, 2.05) is 0 Å². The Balaban J connectivity index is 1.75. The van der Waals surface area contributed by atoms with Crippen molar-refractivity contribution in [3.05, 3.63) is 29.6 Å². The van der Waals surface area contributed by atoms with Gasteiger partial charge in [0.05, 0.1) is 5.75 Å². The number of sulfonamides is 1. The molecule has 1 aliphatic rings. The molecule has 1 aromatic carbocycles. The largest absolute Gasteiger partial charge is 0.314 e. The average Bonchev–Trinajstić information content (AvgIpc) is 3.17. The molecule has 1 aliphatic carbocycles. The maximum absolute atomic E-state index is 13.1. The zero-order valence-corrected chi connectivity index (χ0v) is 12.5. The average molecular weight is 300 g/mol. The molecule has 0 atom stereocenters. The first-order valence-electron chi connectivity index (χ1n) is 6.96. The van der Waals surface area contributed by atoms with Gasteiger partial charge in [-0.05, 0) is 62.9 Å². The van der Waals surface area contributed by atoms with E-state index in [1.165, 1.54) is 31.0 Å². The quantitative estimate of drug-likeness (QED) is 0.725. The fourth-order valence-electron chi connectivity index (χ4n) is 1.95. The highest BCUT2D eigenvalue weighted by atomic mass is 32.2. The third-order valence-corrected chi connectivity index (χ3v) is 4.65. The number of rotatable bonds is 8. The van der Waals surface area contributed by atoms with E-state index in [0.717, 1.165) is 13.0 Å². The Kier molecular flexibility index (Phi) is 4.99. The van der Waals surface area contributed by atoms with Crippen molar-refractivity contribution in [1.29, 1.82) is 0 Å². The second-order valence-corrected chi connectivity index (χ2v) is 7.16. The molecule has 1 aromatic rings. The number of nitrogens with one attached hydrogen (secondary N) is 2. The predicted octanol–water partition coefficient (Wildman–Crippen LogP) is 2.41. The molecule has 2 N–H and O–H groups in total. The first-order chi connectivity index (χ1) is 9.46. The van der Waals surface area contributed by atoms with Crippen LogP contribution in [-0.4, -0.2) is 26.8 Å². The highest BCUT2D eigenvalue weighted by molar-refractivity contribution is 7.92. The number of hydrogen-bond acceptors (Lipinski definition) is 3. The fraction of sp³-hybridized carbons (Fsp3) is 0.571. The van der Waals surface area contributed by atoms with Gasteiger partial charge < -0.3 is 5.32 Å². The molecule has 112 valence electrons. The van der Waals surface area contributed by atoms with Crippen LogP contribution in [0.2, 0.25) is 0 Å². The highest BCUT2D eigenvalue weighted by Gasteiger charge is 2.19. The summed E-state index contributed by atoms with van der Waals surface area (Å²) in [6.07, 6.45) is 3.95. The van der Waals surface area contributed by atoms with Crippen LogP contribution in [0.15, 0.2) is 18.2 Å². The number of hydrogen-bond donors (Lipinski definition) is 2. The lowest BCUT2D eigenvalue weighted by atomic mass is 10.2. The van der Waals surface area contributed by atoms with Crippen molar-refractivity contribution in [2.45, 2.75) is 38.6 Å². The van der Waals surface area contributed by atoms with Crippen molar-refractivity contribution in [3.8, 4) is 0 Å². The van der Waals surface area contributed by atoms with Gasteiger partial charge in [0.25, 0.3) is 0 Å². The third kappa shape index (κ3) is 5.09. The summed E-state index contributed by atoms with van der Waals surface area (Å²) in [5.74, 6) is -0.241. The fourth-order valence-corrected chi connectivity index (χ4v) is 3.12. The third-order valence-electron chi connectivity index (χ3n) is 3.28. The Morgan fingerprint density at radius 2 is 2.05 bits per heavy atom. The van der Waals surface area contributed by atoms with Gasteiger partial charge in [0, 0.05) is 11.7 Å². The first-order valence-corrected chi connectivity index (χ1v) is 8.61. The van der Waals surface area contributed by atoms with Gasteiger partial charge in [-0.15, -0.1) is 0 Å². The lowest BCUT2D eigenvalue weighted by Crippen LogP contribution is -2.20. The monoisotopic (exact) mass is 300 g/mol. The molecule has 0 unspecified atom stereocenters. The summed E-state index contributed by atoms with van der Waals surface area (Å²) >= 11 is 0. The van der Waals surface area contributed by atoms with Crippen molar-refractivity contribution in [2.24, 2.45) is 0 Å². The molecular formula is C14H21FN2O2S. The van der Waals surface area contributed by atoms with Crippen molar-refractivity contribution in [3.63, 3.8) is 0 Å². The Morgan fingerprint density at radius 3 is 2.70 bits per heavy atom. The van der Waals surface area contributed by atoms with Crippen LogP contribution >= 0.6 is 0 Å². The van der Waals surface area contributed by atoms with Crippen LogP contribution in [0.5, 0.6) is 0 Å². The molecule has 6 heteroatoms. The van der Waals surface area contributed by atoms with Crippen LogP contribution in [0.3, 0.4) is 0 Å². The second kappa shape index (κ2) is 6.54. The van der Waals surface area contributed by atoms with Gasteiger partial charge in [0.1, 0.15) is 5.82 Å². The topological polar surface area (TPSA) is 58.2 Å². The minimum Gasteiger partial charge on any atom is -0.314 e. The first kappa shape index (κ1) is 15.3. The number of anilines is 1. The number of halogens is 1. The van der Waals surface area contributed by atoms with Gasteiger partial charge in [-0.1, -0.05) is 0 Å².